The van der Waals surface area contributed by atoms with Crippen LogP contribution in [0.4, 0.5) is 0 Å². The zero-order valence-corrected chi connectivity index (χ0v) is 11.4. The number of rotatable bonds is 6. The number of likely N-dealkylation sites (N-methyl/N-ethyl adjacent to an activating group) is 1. The van der Waals surface area contributed by atoms with Crippen molar-refractivity contribution in [3.8, 4) is 0 Å². The summed E-state index contributed by atoms with van der Waals surface area (Å²) < 4.78 is 0. The molecule has 2 atom stereocenters. The van der Waals surface area contributed by atoms with Crippen LogP contribution >= 0.6 is 0 Å². The Kier molecular flexibility index (Phi) is 4.22. The molecule has 0 spiro atoms. The average Bonchev–Trinajstić information content (AvgIpc) is 3.11. The van der Waals surface area contributed by atoms with Crippen LogP contribution < -0.4 is 5.32 Å². The van der Waals surface area contributed by atoms with Crippen LogP contribution in [-0.4, -0.2) is 12.6 Å². The first kappa shape index (κ1) is 12.6. The topological polar surface area (TPSA) is 12.0 Å². The van der Waals surface area contributed by atoms with Gasteiger partial charge in [-0.2, -0.15) is 0 Å². The molecule has 1 nitrogen and oxygen atoms in total. The molecular weight excluding hydrogens is 206 g/mol. The lowest BCUT2D eigenvalue weighted by Crippen LogP contribution is -2.37. The number of hydrogen-bond acceptors (Lipinski definition) is 1. The molecule has 94 valence electrons. The maximum Gasteiger partial charge on any atom is 0.0136 e. The fourth-order valence-corrected chi connectivity index (χ4v) is 2.75. The second kappa shape index (κ2) is 5.68. The summed E-state index contributed by atoms with van der Waals surface area (Å²) in [5.74, 6) is 1.79. The smallest absolute Gasteiger partial charge is 0.0136 e. The zero-order valence-electron chi connectivity index (χ0n) is 11.4. The second-order valence-corrected chi connectivity index (χ2v) is 5.55. The Balaban J connectivity index is 2.01. The van der Waals surface area contributed by atoms with Crippen LogP contribution in [0.1, 0.15) is 37.8 Å². The van der Waals surface area contributed by atoms with E-state index in [2.05, 4.69) is 50.4 Å². The van der Waals surface area contributed by atoms with Gasteiger partial charge in [0.2, 0.25) is 0 Å². The minimum absolute atomic E-state index is 0.648. The van der Waals surface area contributed by atoms with E-state index in [1.807, 2.05) is 0 Å². The highest BCUT2D eigenvalue weighted by atomic mass is 14.9. The van der Waals surface area contributed by atoms with Crippen molar-refractivity contribution >= 4 is 0 Å². The number of hydrogen-bond donors (Lipinski definition) is 1. The quantitative estimate of drug-likeness (QED) is 0.789. The molecule has 0 radical (unpaired) electrons. The van der Waals surface area contributed by atoms with Gasteiger partial charge in [0.25, 0.3) is 0 Å². The van der Waals surface area contributed by atoms with E-state index in [4.69, 9.17) is 0 Å². The van der Waals surface area contributed by atoms with Crippen LogP contribution in [0.25, 0.3) is 0 Å². The van der Waals surface area contributed by atoms with Crippen molar-refractivity contribution in [2.75, 3.05) is 6.54 Å². The lowest BCUT2D eigenvalue weighted by Gasteiger charge is -2.25. The van der Waals surface area contributed by atoms with E-state index in [0.717, 1.165) is 18.4 Å². The summed E-state index contributed by atoms with van der Waals surface area (Å²) in [7, 11) is 0. The first-order valence-electron chi connectivity index (χ1n) is 6.99. The molecule has 17 heavy (non-hydrogen) atoms. The van der Waals surface area contributed by atoms with Gasteiger partial charge in [-0.3, -0.25) is 0 Å². The second-order valence-electron chi connectivity index (χ2n) is 5.55. The third-order valence-corrected chi connectivity index (χ3v) is 4.00. The monoisotopic (exact) mass is 231 g/mol. The van der Waals surface area contributed by atoms with E-state index in [-0.39, 0.29) is 0 Å². The van der Waals surface area contributed by atoms with Crippen molar-refractivity contribution in [1.29, 1.82) is 0 Å². The maximum absolute atomic E-state index is 3.67. The van der Waals surface area contributed by atoms with Crippen molar-refractivity contribution in [2.45, 2.75) is 46.1 Å². The largest absolute Gasteiger partial charge is 0.314 e. The minimum Gasteiger partial charge on any atom is -0.314 e. The summed E-state index contributed by atoms with van der Waals surface area (Å²) in [5, 5.41) is 3.67. The third kappa shape index (κ3) is 3.57. The van der Waals surface area contributed by atoms with Crippen molar-refractivity contribution < 1.29 is 0 Å². The predicted molar refractivity (Wildman–Crippen MR) is 74.2 cm³/mol. The van der Waals surface area contributed by atoms with Gasteiger partial charge >= 0.3 is 0 Å². The standard InChI is InChI=1S/C16H25N/c1-4-17-16(13(3)15-8-9-15)11-14-7-5-6-12(2)10-14/h5-7,10,13,15-17H,4,8-9,11H2,1-3H3. The summed E-state index contributed by atoms with van der Waals surface area (Å²) in [6, 6.07) is 9.58. The summed E-state index contributed by atoms with van der Waals surface area (Å²) >= 11 is 0. The molecule has 1 saturated carbocycles. The van der Waals surface area contributed by atoms with E-state index in [0.29, 0.717) is 6.04 Å². The Labute approximate surface area is 106 Å². The number of aryl methyl sites for hydroxylation is 1. The van der Waals surface area contributed by atoms with Gasteiger partial charge in [0.05, 0.1) is 0 Å². The molecule has 1 aliphatic carbocycles. The molecule has 1 aromatic carbocycles. The van der Waals surface area contributed by atoms with Gasteiger partial charge < -0.3 is 5.32 Å². The van der Waals surface area contributed by atoms with Crippen LogP contribution in [0, 0.1) is 18.8 Å². The van der Waals surface area contributed by atoms with Crippen molar-refractivity contribution in [1.82, 2.24) is 5.32 Å². The third-order valence-electron chi connectivity index (χ3n) is 4.00. The first-order valence-corrected chi connectivity index (χ1v) is 6.99. The molecule has 0 saturated heterocycles. The highest BCUT2D eigenvalue weighted by Crippen LogP contribution is 2.38. The summed E-state index contributed by atoms with van der Waals surface area (Å²) in [6.45, 7) is 7.88. The Hall–Kier alpha value is -0.820. The molecule has 2 rings (SSSR count). The maximum atomic E-state index is 3.67. The van der Waals surface area contributed by atoms with Crippen LogP contribution in [0.5, 0.6) is 0 Å². The van der Waals surface area contributed by atoms with Crippen LogP contribution in [0.2, 0.25) is 0 Å². The summed E-state index contributed by atoms with van der Waals surface area (Å²) in [5.41, 5.74) is 2.85. The molecule has 2 unspecified atom stereocenters. The van der Waals surface area contributed by atoms with E-state index in [9.17, 15) is 0 Å². The Morgan fingerprint density at radius 1 is 1.35 bits per heavy atom. The molecule has 1 fully saturated rings. The number of benzene rings is 1. The average molecular weight is 231 g/mol. The minimum atomic E-state index is 0.648. The Bertz CT molecular complexity index is 354. The van der Waals surface area contributed by atoms with Crippen LogP contribution in [0.15, 0.2) is 24.3 Å². The summed E-state index contributed by atoms with van der Waals surface area (Å²) in [4.78, 5) is 0. The van der Waals surface area contributed by atoms with Crippen molar-refractivity contribution in [2.24, 2.45) is 11.8 Å². The van der Waals surface area contributed by atoms with E-state index < -0.39 is 0 Å². The van der Waals surface area contributed by atoms with Crippen molar-refractivity contribution in [3.05, 3.63) is 35.4 Å². The molecule has 1 N–H and O–H groups in total. The van der Waals surface area contributed by atoms with Gasteiger partial charge in [-0.05, 0) is 50.1 Å². The van der Waals surface area contributed by atoms with E-state index >= 15 is 0 Å². The number of nitrogens with one attached hydrogen (secondary N) is 1. The Morgan fingerprint density at radius 2 is 2.12 bits per heavy atom. The predicted octanol–water partition coefficient (Wildman–Crippen LogP) is 3.56. The normalized spacial score (nSPS) is 19.0. The van der Waals surface area contributed by atoms with Gasteiger partial charge in [-0.15, -0.1) is 0 Å². The van der Waals surface area contributed by atoms with Gasteiger partial charge in [0.1, 0.15) is 0 Å². The molecule has 0 aliphatic heterocycles. The molecular formula is C16H25N. The van der Waals surface area contributed by atoms with Crippen LogP contribution in [0.3, 0.4) is 0 Å². The van der Waals surface area contributed by atoms with Gasteiger partial charge in [-0.25, -0.2) is 0 Å². The molecule has 1 aromatic rings. The van der Waals surface area contributed by atoms with Gasteiger partial charge in [-0.1, -0.05) is 43.7 Å². The van der Waals surface area contributed by atoms with E-state index in [1.54, 1.807) is 0 Å². The van der Waals surface area contributed by atoms with Gasteiger partial charge in [0, 0.05) is 6.04 Å². The first-order chi connectivity index (χ1) is 8.20. The zero-order chi connectivity index (χ0) is 12.3. The van der Waals surface area contributed by atoms with E-state index in [1.165, 1.54) is 30.4 Å². The fourth-order valence-electron chi connectivity index (χ4n) is 2.75. The molecule has 0 aromatic heterocycles. The molecule has 0 amide bonds. The molecule has 0 bridgehead atoms. The Morgan fingerprint density at radius 3 is 2.71 bits per heavy atom. The van der Waals surface area contributed by atoms with Crippen molar-refractivity contribution in [3.63, 3.8) is 0 Å². The van der Waals surface area contributed by atoms with Gasteiger partial charge in [0.15, 0.2) is 0 Å². The molecule has 1 heteroatoms. The van der Waals surface area contributed by atoms with Crippen LogP contribution in [-0.2, 0) is 6.42 Å². The highest BCUT2D eigenvalue weighted by molar-refractivity contribution is 5.23. The highest BCUT2D eigenvalue weighted by Gasteiger charge is 2.32. The SMILES string of the molecule is CCNC(Cc1cccc(C)c1)C(C)C1CC1. The molecule has 0 heterocycles. The lowest BCUT2D eigenvalue weighted by atomic mass is 9.91. The fraction of sp³-hybridized carbons (Fsp3) is 0.625. The lowest BCUT2D eigenvalue weighted by molar-refractivity contribution is 0.344. The summed E-state index contributed by atoms with van der Waals surface area (Å²) in [6.07, 6.45) is 4.06. The molecule has 1 aliphatic rings.